The number of hydrogen-bond acceptors (Lipinski definition) is 2. The summed E-state index contributed by atoms with van der Waals surface area (Å²) in [6, 6.07) is 10.1. The number of carboxylic acids is 1. The lowest BCUT2D eigenvalue weighted by atomic mass is 10.1. The van der Waals surface area contributed by atoms with Crippen molar-refractivity contribution in [3.05, 3.63) is 47.8 Å². The first-order valence-corrected chi connectivity index (χ1v) is 6.04. The van der Waals surface area contributed by atoms with Gasteiger partial charge in [-0.05, 0) is 30.2 Å². The SMILES string of the molecule is CCc1ccc(-n2ccc(CCC(=O)O)n2)cc1. The number of carboxylic acid groups (broad SMARTS) is 1. The summed E-state index contributed by atoms with van der Waals surface area (Å²) in [5.41, 5.74) is 3.09. The molecule has 1 aromatic heterocycles. The van der Waals surface area contributed by atoms with Crippen LogP contribution in [0.5, 0.6) is 0 Å². The molecule has 0 aliphatic rings. The second kappa shape index (κ2) is 5.49. The van der Waals surface area contributed by atoms with Crippen molar-refractivity contribution in [2.45, 2.75) is 26.2 Å². The van der Waals surface area contributed by atoms with Crippen LogP contribution in [0.15, 0.2) is 36.5 Å². The van der Waals surface area contributed by atoms with Gasteiger partial charge in [-0.2, -0.15) is 5.10 Å². The summed E-state index contributed by atoms with van der Waals surface area (Å²) in [7, 11) is 0. The molecule has 1 heterocycles. The van der Waals surface area contributed by atoms with E-state index >= 15 is 0 Å². The average molecular weight is 244 g/mol. The Kier molecular flexibility index (Phi) is 3.77. The van der Waals surface area contributed by atoms with Crippen LogP contribution in [0.4, 0.5) is 0 Å². The maximum absolute atomic E-state index is 10.5. The molecule has 0 bridgehead atoms. The second-order valence-electron chi connectivity index (χ2n) is 4.17. The van der Waals surface area contributed by atoms with Gasteiger partial charge in [0.15, 0.2) is 0 Å². The van der Waals surface area contributed by atoms with Gasteiger partial charge in [-0.1, -0.05) is 19.1 Å². The van der Waals surface area contributed by atoms with Crippen LogP contribution >= 0.6 is 0 Å². The molecule has 0 amide bonds. The van der Waals surface area contributed by atoms with Crippen molar-refractivity contribution in [2.24, 2.45) is 0 Å². The number of aromatic nitrogens is 2. The Morgan fingerprint density at radius 2 is 2.00 bits per heavy atom. The Hall–Kier alpha value is -2.10. The van der Waals surface area contributed by atoms with Crippen molar-refractivity contribution in [3.63, 3.8) is 0 Å². The molecule has 0 unspecified atom stereocenters. The molecule has 2 aromatic rings. The first-order valence-electron chi connectivity index (χ1n) is 6.04. The number of nitrogens with zero attached hydrogens (tertiary/aromatic N) is 2. The molecular formula is C14H16N2O2. The topological polar surface area (TPSA) is 55.1 Å². The van der Waals surface area contributed by atoms with Gasteiger partial charge in [0.1, 0.15) is 0 Å². The number of benzene rings is 1. The first kappa shape index (κ1) is 12.4. The van der Waals surface area contributed by atoms with E-state index in [4.69, 9.17) is 5.11 Å². The maximum Gasteiger partial charge on any atom is 0.303 e. The molecule has 0 fully saturated rings. The molecular weight excluding hydrogens is 228 g/mol. The van der Waals surface area contributed by atoms with Gasteiger partial charge in [0.05, 0.1) is 17.8 Å². The monoisotopic (exact) mass is 244 g/mol. The van der Waals surface area contributed by atoms with Gasteiger partial charge < -0.3 is 5.11 Å². The largest absolute Gasteiger partial charge is 0.481 e. The standard InChI is InChI=1S/C14H16N2O2/c1-2-11-3-6-13(7-4-11)16-10-9-12(15-16)5-8-14(17)18/h3-4,6-7,9-10H,2,5,8H2,1H3,(H,17,18). The van der Waals surface area contributed by atoms with E-state index in [-0.39, 0.29) is 6.42 Å². The number of carbonyl (C=O) groups is 1. The third kappa shape index (κ3) is 2.97. The lowest BCUT2D eigenvalue weighted by molar-refractivity contribution is -0.136. The molecule has 2 rings (SSSR count). The molecule has 0 spiro atoms. The molecule has 18 heavy (non-hydrogen) atoms. The number of aliphatic carboxylic acids is 1. The van der Waals surface area contributed by atoms with Crippen LogP contribution in [-0.4, -0.2) is 20.9 Å². The van der Waals surface area contributed by atoms with E-state index in [1.54, 1.807) is 4.68 Å². The Balaban J connectivity index is 2.10. The molecule has 94 valence electrons. The van der Waals surface area contributed by atoms with E-state index in [1.165, 1.54) is 5.56 Å². The molecule has 0 saturated carbocycles. The van der Waals surface area contributed by atoms with Crippen molar-refractivity contribution >= 4 is 5.97 Å². The fraction of sp³-hybridized carbons (Fsp3) is 0.286. The summed E-state index contributed by atoms with van der Waals surface area (Å²) in [5.74, 6) is -0.795. The quantitative estimate of drug-likeness (QED) is 0.879. The lowest BCUT2D eigenvalue weighted by Gasteiger charge is -2.02. The minimum Gasteiger partial charge on any atom is -0.481 e. The summed E-state index contributed by atoms with van der Waals surface area (Å²) in [6.07, 6.45) is 3.46. The first-order chi connectivity index (χ1) is 8.69. The molecule has 0 saturated heterocycles. The molecule has 4 heteroatoms. The summed E-state index contributed by atoms with van der Waals surface area (Å²) in [5, 5.41) is 13.0. The third-order valence-electron chi connectivity index (χ3n) is 2.85. The molecule has 0 atom stereocenters. The van der Waals surface area contributed by atoms with Crippen LogP contribution in [-0.2, 0) is 17.6 Å². The Bertz CT molecular complexity index is 529. The Labute approximate surface area is 106 Å². The fourth-order valence-electron chi connectivity index (χ4n) is 1.76. The number of rotatable bonds is 5. The molecule has 0 radical (unpaired) electrons. The molecule has 0 aliphatic heterocycles. The summed E-state index contributed by atoms with van der Waals surface area (Å²) < 4.78 is 1.77. The lowest BCUT2D eigenvalue weighted by Crippen LogP contribution is -2.00. The zero-order chi connectivity index (χ0) is 13.0. The van der Waals surface area contributed by atoms with E-state index in [0.717, 1.165) is 17.8 Å². The van der Waals surface area contributed by atoms with Crippen molar-refractivity contribution in [2.75, 3.05) is 0 Å². The van der Waals surface area contributed by atoms with Crippen molar-refractivity contribution in [1.82, 2.24) is 9.78 Å². The molecule has 4 nitrogen and oxygen atoms in total. The van der Waals surface area contributed by atoms with Crippen molar-refractivity contribution in [3.8, 4) is 5.69 Å². The zero-order valence-corrected chi connectivity index (χ0v) is 10.3. The highest BCUT2D eigenvalue weighted by Gasteiger charge is 2.04. The van der Waals surface area contributed by atoms with Crippen LogP contribution in [0.1, 0.15) is 24.6 Å². The Morgan fingerprint density at radius 3 is 2.61 bits per heavy atom. The van der Waals surface area contributed by atoms with Gasteiger partial charge >= 0.3 is 5.97 Å². The highest BCUT2D eigenvalue weighted by molar-refractivity contribution is 5.66. The van der Waals surface area contributed by atoms with E-state index in [0.29, 0.717) is 6.42 Å². The van der Waals surface area contributed by atoms with Crippen molar-refractivity contribution in [1.29, 1.82) is 0 Å². The van der Waals surface area contributed by atoms with E-state index in [1.807, 2.05) is 24.4 Å². The normalized spacial score (nSPS) is 10.5. The predicted octanol–water partition coefficient (Wildman–Crippen LogP) is 2.45. The number of aryl methyl sites for hydroxylation is 2. The van der Waals surface area contributed by atoms with E-state index < -0.39 is 5.97 Å². The van der Waals surface area contributed by atoms with E-state index in [2.05, 4.69) is 24.2 Å². The molecule has 1 aromatic carbocycles. The number of hydrogen-bond donors (Lipinski definition) is 1. The minimum atomic E-state index is -0.795. The van der Waals surface area contributed by atoms with Gasteiger partial charge in [0, 0.05) is 12.6 Å². The molecule has 1 N–H and O–H groups in total. The summed E-state index contributed by atoms with van der Waals surface area (Å²) in [4.78, 5) is 10.5. The van der Waals surface area contributed by atoms with Gasteiger partial charge in [0.25, 0.3) is 0 Å². The van der Waals surface area contributed by atoms with Crippen LogP contribution < -0.4 is 0 Å². The summed E-state index contributed by atoms with van der Waals surface area (Å²) >= 11 is 0. The average Bonchev–Trinajstić information content (AvgIpc) is 2.85. The highest BCUT2D eigenvalue weighted by Crippen LogP contribution is 2.10. The van der Waals surface area contributed by atoms with Gasteiger partial charge in [0.2, 0.25) is 0 Å². The minimum absolute atomic E-state index is 0.117. The Morgan fingerprint density at radius 1 is 1.28 bits per heavy atom. The van der Waals surface area contributed by atoms with Crippen LogP contribution in [0, 0.1) is 0 Å². The molecule has 0 aliphatic carbocycles. The second-order valence-corrected chi connectivity index (χ2v) is 4.17. The third-order valence-corrected chi connectivity index (χ3v) is 2.85. The van der Waals surface area contributed by atoms with E-state index in [9.17, 15) is 4.79 Å². The fourth-order valence-corrected chi connectivity index (χ4v) is 1.76. The van der Waals surface area contributed by atoms with Crippen LogP contribution in [0.3, 0.4) is 0 Å². The zero-order valence-electron chi connectivity index (χ0n) is 10.3. The smallest absolute Gasteiger partial charge is 0.303 e. The highest BCUT2D eigenvalue weighted by atomic mass is 16.4. The van der Waals surface area contributed by atoms with Crippen LogP contribution in [0.25, 0.3) is 5.69 Å². The summed E-state index contributed by atoms with van der Waals surface area (Å²) in [6.45, 7) is 2.12. The predicted molar refractivity (Wildman–Crippen MR) is 68.9 cm³/mol. The maximum atomic E-state index is 10.5. The van der Waals surface area contributed by atoms with Gasteiger partial charge in [-0.3, -0.25) is 4.79 Å². The van der Waals surface area contributed by atoms with Gasteiger partial charge in [-0.25, -0.2) is 4.68 Å². The van der Waals surface area contributed by atoms with Crippen molar-refractivity contribution < 1.29 is 9.90 Å². The van der Waals surface area contributed by atoms with Crippen LogP contribution in [0.2, 0.25) is 0 Å². The van der Waals surface area contributed by atoms with Gasteiger partial charge in [-0.15, -0.1) is 0 Å².